The Labute approximate surface area is 466 Å². The SMILES string of the molecule is CC/C=C\C/C=C\C/C=C\C/C=C\C/C=C\C/C=C\C/C=C\C/C=C\CCCCC(=O)OCC(COC(=O)CCCCCCC/C=C\CCC)OC(=O)CCCCCCC/C=C\C/C=C\C/C=C\C/C=C\C/C=C\CC. The van der Waals surface area contributed by atoms with Gasteiger partial charge in [0, 0.05) is 19.3 Å². The Morgan fingerprint density at radius 3 is 0.842 bits per heavy atom. The number of carbonyl (C=O) groups excluding carboxylic acids is 3. The van der Waals surface area contributed by atoms with Crippen LogP contribution < -0.4 is 0 Å². The third-order valence-corrected chi connectivity index (χ3v) is 11.9. The van der Waals surface area contributed by atoms with E-state index in [1.165, 1.54) is 12.8 Å². The lowest BCUT2D eigenvalue weighted by atomic mass is 10.1. The van der Waals surface area contributed by atoms with Crippen LogP contribution in [-0.2, 0) is 28.6 Å². The number of unbranched alkanes of at least 4 members (excludes halogenated alkanes) is 13. The Kier molecular flexibility index (Phi) is 58.0. The number of esters is 3. The molecule has 0 saturated carbocycles. The van der Waals surface area contributed by atoms with Crippen LogP contribution in [0.5, 0.6) is 0 Å². The van der Waals surface area contributed by atoms with Gasteiger partial charge in [-0.05, 0) is 148 Å². The molecule has 0 aromatic rings. The molecule has 0 amide bonds. The van der Waals surface area contributed by atoms with E-state index in [-0.39, 0.29) is 44.0 Å². The molecule has 424 valence electrons. The summed E-state index contributed by atoms with van der Waals surface area (Å²) in [6.07, 6.45) is 92.1. The molecule has 0 radical (unpaired) electrons. The van der Waals surface area contributed by atoms with Crippen LogP contribution in [0.25, 0.3) is 0 Å². The molecule has 0 bridgehead atoms. The summed E-state index contributed by atoms with van der Waals surface area (Å²) in [5.41, 5.74) is 0. The first-order chi connectivity index (χ1) is 37.5. The van der Waals surface area contributed by atoms with E-state index in [4.69, 9.17) is 14.2 Å². The van der Waals surface area contributed by atoms with Crippen molar-refractivity contribution in [2.45, 2.75) is 239 Å². The van der Waals surface area contributed by atoms with Gasteiger partial charge >= 0.3 is 17.9 Å². The van der Waals surface area contributed by atoms with Crippen molar-refractivity contribution in [1.29, 1.82) is 0 Å². The summed E-state index contributed by atoms with van der Waals surface area (Å²) in [5.74, 6) is -0.997. The molecule has 0 rings (SSSR count). The lowest BCUT2D eigenvalue weighted by Gasteiger charge is -2.18. The van der Waals surface area contributed by atoms with Crippen molar-refractivity contribution in [3.05, 3.63) is 170 Å². The molecule has 6 heteroatoms. The molecule has 1 atom stereocenters. The molecule has 0 heterocycles. The summed E-state index contributed by atoms with van der Waals surface area (Å²) in [4.78, 5) is 38.1. The summed E-state index contributed by atoms with van der Waals surface area (Å²) < 4.78 is 16.8. The molecular formula is C70H108O6. The van der Waals surface area contributed by atoms with Gasteiger partial charge in [0.15, 0.2) is 6.10 Å². The molecule has 76 heavy (non-hydrogen) atoms. The Bertz CT molecular complexity index is 1770. The number of ether oxygens (including phenoxy) is 3. The van der Waals surface area contributed by atoms with E-state index < -0.39 is 6.10 Å². The van der Waals surface area contributed by atoms with E-state index in [0.717, 1.165) is 173 Å². The first-order valence-electron chi connectivity index (χ1n) is 30.1. The van der Waals surface area contributed by atoms with Gasteiger partial charge in [0.1, 0.15) is 13.2 Å². The molecule has 0 aliphatic heterocycles. The molecule has 0 spiro atoms. The average molecular weight is 1050 g/mol. The van der Waals surface area contributed by atoms with Crippen LogP contribution in [0.4, 0.5) is 0 Å². The van der Waals surface area contributed by atoms with Crippen LogP contribution in [0.15, 0.2) is 170 Å². The lowest BCUT2D eigenvalue weighted by Crippen LogP contribution is -2.30. The minimum Gasteiger partial charge on any atom is -0.462 e. The number of hydrogen-bond acceptors (Lipinski definition) is 6. The predicted octanol–water partition coefficient (Wildman–Crippen LogP) is 20.7. The summed E-state index contributed by atoms with van der Waals surface area (Å²) in [6, 6.07) is 0. The van der Waals surface area contributed by atoms with Crippen molar-refractivity contribution in [1.82, 2.24) is 0 Å². The Morgan fingerprint density at radius 1 is 0.276 bits per heavy atom. The molecular weight excluding hydrogens is 937 g/mol. The largest absolute Gasteiger partial charge is 0.462 e. The summed E-state index contributed by atoms with van der Waals surface area (Å²) in [5, 5.41) is 0. The van der Waals surface area contributed by atoms with E-state index in [1.54, 1.807) is 0 Å². The van der Waals surface area contributed by atoms with Crippen molar-refractivity contribution in [2.75, 3.05) is 13.2 Å². The van der Waals surface area contributed by atoms with E-state index in [0.29, 0.717) is 12.8 Å². The van der Waals surface area contributed by atoms with Crippen LogP contribution in [-0.4, -0.2) is 37.2 Å². The maximum absolute atomic E-state index is 12.9. The van der Waals surface area contributed by atoms with Gasteiger partial charge in [-0.15, -0.1) is 0 Å². The van der Waals surface area contributed by atoms with Gasteiger partial charge in [0.2, 0.25) is 0 Å². The second-order valence-electron chi connectivity index (χ2n) is 19.1. The molecule has 0 fully saturated rings. The van der Waals surface area contributed by atoms with Crippen LogP contribution in [0.1, 0.15) is 233 Å². The van der Waals surface area contributed by atoms with Gasteiger partial charge in [-0.1, -0.05) is 236 Å². The lowest BCUT2D eigenvalue weighted by molar-refractivity contribution is -0.167. The highest BCUT2D eigenvalue weighted by atomic mass is 16.6. The van der Waals surface area contributed by atoms with Gasteiger partial charge < -0.3 is 14.2 Å². The van der Waals surface area contributed by atoms with Gasteiger partial charge in [0.25, 0.3) is 0 Å². The minimum absolute atomic E-state index is 0.113. The van der Waals surface area contributed by atoms with Gasteiger partial charge in [-0.25, -0.2) is 0 Å². The van der Waals surface area contributed by atoms with Gasteiger partial charge in [0.05, 0.1) is 0 Å². The fraction of sp³-hybridized carbons (Fsp3) is 0.557. The van der Waals surface area contributed by atoms with Crippen molar-refractivity contribution >= 4 is 17.9 Å². The Morgan fingerprint density at radius 2 is 0.513 bits per heavy atom. The summed E-state index contributed by atoms with van der Waals surface area (Å²) in [6.45, 7) is 6.27. The molecule has 0 aromatic heterocycles. The van der Waals surface area contributed by atoms with Crippen molar-refractivity contribution in [2.24, 2.45) is 0 Å². The Balaban J connectivity index is 4.45. The van der Waals surface area contributed by atoms with Crippen molar-refractivity contribution in [3.63, 3.8) is 0 Å². The van der Waals surface area contributed by atoms with Gasteiger partial charge in [-0.2, -0.15) is 0 Å². The van der Waals surface area contributed by atoms with Gasteiger partial charge in [-0.3, -0.25) is 14.4 Å². The smallest absolute Gasteiger partial charge is 0.306 e. The normalized spacial score (nSPS) is 13.4. The molecule has 0 N–H and O–H groups in total. The standard InChI is InChI=1S/C70H108O6/c1-4-7-10-13-16-19-22-24-26-28-30-32-33-34-35-36-37-39-40-42-44-46-48-51-54-57-60-63-69(72)75-66-67(65-74-68(71)62-59-56-53-50-21-18-15-12-9-6-3)76-70(73)64-61-58-55-52-49-47-45-43-41-38-31-29-27-25-23-20-17-14-11-8-5-2/h7-8,10-12,15-17,19-20,24-27,30-32,34-35,37-39,42-45,48,51,67H,4-6,9,13-14,18,21-23,28-29,33,36,40-41,46-47,49-50,52-66H2,1-3H3/b10-7-,11-8-,15-12-,19-16-,20-17-,26-24-,27-25-,32-30-,35-34-,38-31-,39-37-,44-42-,45-43-,51-48-. The van der Waals surface area contributed by atoms with E-state index in [9.17, 15) is 14.4 Å². The first-order valence-corrected chi connectivity index (χ1v) is 30.1. The Hall–Kier alpha value is -5.23. The van der Waals surface area contributed by atoms with Crippen molar-refractivity contribution < 1.29 is 28.6 Å². The molecule has 0 aromatic carbocycles. The fourth-order valence-corrected chi connectivity index (χ4v) is 7.48. The van der Waals surface area contributed by atoms with Crippen molar-refractivity contribution in [3.8, 4) is 0 Å². The van der Waals surface area contributed by atoms with E-state index in [1.807, 2.05) is 0 Å². The number of hydrogen-bond donors (Lipinski definition) is 0. The van der Waals surface area contributed by atoms with Crippen LogP contribution in [0.2, 0.25) is 0 Å². The number of allylic oxidation sites excluding steroid dienone is 28. The highest BCUT2D eigenvalue weighted by molar-refractivity contribution is 5.71. The third kappa shape index (κ3) is 59.6. The molecule has 6 nitrogen and oxygen atoms in total. The number of rotatable bonds is 52. The second-order valence-corrected chi connectivity index (χ2v) is 19.1. The summed E-state index contributed by atoms with van der Waals surface area (Å²) in [7, 11) is 0. The topological polar surface area (TPSA) is 78.9 Å². The maximum Gasteiger partial charge on any atom is 0.306 e. The number of carbonyl (C=O) groups is 3. The molecule has 0 aliphatic rings. The first kappa shape index (κ1) is 70.8. The predicted molar refractivity (Wildman–Crippen MR) is 329 cm³/mol. The minimum atomic E-state index is -0.819. The quantitative estimate of drug-likeness (QED) is 0.0261. The zero-order valence-electron chi connectivity index (χ0n) is 48.4. The summed E-state index contributed by atoms with van der Waals surface area (Å²) >= 11 is 0. The highest BCUT2D eigenvalue weighted by Gasteiger charge is 2.19. The monoisotopic (exact) mass is 1040 g/mol. The van der Waals surface area contributed by atoms with Crippen LogP contribution >= 0.6 is 0 Å². The second kappa shape index (κ2) is 62.3. The molecule has 0 saturated heterocycles. The zero-order chi connectivity index (χ0) is 55.0. The molecule has 1 unspecified atom stereocenters. The molecule has 0 aliphatic carbocycles. The average Bonchev–Trinajstić information content (AvgIpc) is 3.42. The van der Waals surface area contributed by atoms with Crippen LogP contribution in [0, 0.1) is 0 Å². The van der Waals surface area contributed by atoms with E-state index >= 15 is 0 Å². The van der Waals surface area contributed by atoms with Crippen LogP contribution in [0.3, 0.4) is 0 Å². The van der Waals surface area contributed by atoms with E-state index in [2.05, 4.69) is 191 Å². The fourth-order valence-electron chi connectivity index (χ4n) is 7.48. The third-order valence-electron chi connectivity index (χ3n) is 11.9. The zero-order valence-corrected chi connectivity index (χ0v) is 48.4. The highest BCUT2D eigenvalue weighted by Crippen LogP contribution is 2.13. The maximum atomic E-state index is 12.9.